The van der Waals surface area contributed by atoms with Gasteiger partial charge in [-0.2, -0.15) is 0 Å². The number of fused-ring (bicyclic) bond motifs is 1. The first-order chi connectivity index (χ1) is 5.27. The maximum atomic E-state index is 4.29. The molecule has 2 rings (SSSR count). The highest BCUT2D eigenvalue weighted by molar-refractivity contribution is 5.77. The molecule has 2 aromatic heterocycles. The van der Waals surface area contributed by atoms with E-state index in [1.807, 2.05) is 26.2 Å². The Kier molecular flexibility index (Phi) is 1.18. The minimum atomic E-state index is 0.820. The van der Waals surface area contributed by atoms with Crippen molar-refractivity contribution in [2.24, 2.45) is 0 Å². The van der Waals surface area contributed by atoms with Crippen LogP contribution in [-0.2, 0) is 0 Å². The Bertz CT molecular complexity index is 389. The Morgan fingerprint density at radius 2 is 2.18 bits per heavy atom. The number of hydrogen-bond acceptors (Lipinski definition) is 2. The molecule has 0 radical (unpaired) electrons. The normalized spacial score (nSPS) is 10.7. The van der Waals surface area contributed by atoms with Crippen molar-refractivity contribution in [1.29, 1.82) is 0 Å². The predicted molar refractivity (Wildman–Crippen MR) is 43.4 cm³/mol. The second kappa shape index (κ2) is 2.05. The first-order valence-corrected chi connectivity index (χ1v) is 3.55. The van der Waals surface area contributed by atoms with E-state index in [9.17, 15) is 0 Å². The van der Waals surface area contributed by atoms with Crippen LogP contribution in [0.3, 0.4) is 0 Å². The van der Waals surface area contributed by atoms with Crippen molar-refractivity contribution in [2.45, 2.75) is 13.8 Å². The molecule has 0 fully saturated rings. The van der Waals surface area contributed by atoms with Gasteiger partial charge in [0, 0.05) is 6.20 Å². The highest BCUT2D eigenvalue weighted by Gasteiger charge is 1.99. The zero-order valence-electron chi connectivity index (χ0n) is 6.55. The molecule has 1 N–H and O–H groups in total. The standard InChI is InChI=1S/C8H9N3/c1-5-3-10-7-4-9-6(2)11-8(5)7/h3-4,10H,1-2H3. The number of nitrogens with zero attached hydrogens (tertiary/aromatic N) is 2. The van der Waals surface area contributed by atoms with Crippen LogP contribution in [0.5, 0.6) is 0 Å². The molecule has 3 heteroatoms. The molecule has 0 amide bonds. The highest BCUT2D eigenvalue weighted by Crippen LogP contribution is 2.12. The average molecular weight is 147 g/mol. The van der Waals surface area contributed by atoms with E-state index >= 15 is 0 Å². The molecule has 56 valence electrons. The van der Waals surface area contributed by atoms with Crippen molar-refractivity contribution in [3.05, 3.63) is 23.8 Å². The molecule has 0 atom stereocenters. The molecule has 3 nitrogen and oxygen atoms in total. The molecule has 0 aromatic carbocycles. The van der Waals surface area contributed by atoms with Gasteiger partial charge in [0.15, 0.2) is 0 Å². The van der Waals surface area contributed by atoms with Crippen molar-refractivity contribution in [1.82, 2.24) is 15.0 Å². The monoisotopic (exact) mass is 147 g/mol. The zero-order chi connectivity index (χ0) is 7.84. The molecule has 0 aliphatic carbocycles. The number of aromatic amines is 1. The van der Waals surface area contributed by atoms with Crippen LogP contribution in [0.2, 0.25) is 0 Å². The van der Waals surface area contributed by atoms with Gasteiger partial charge >= 0.3 is 0 Å². The van der Waals surface area contributed by atoms with Gasteiger partial charge in [-0.05, 0) is 19.4 Å². The van der Waals surface area contributed by atoms with Gasteiger partial charge in [-0.25, -0.2) is 9.97 Å². The number of aromatic nitrogens is 3. The summed E-state index contributed by atoms with van der Waals surface area (Å²) >= 11 is 0. The SMILES string of the molecule is Cc1ncc2[nH]cc(C)c2n1. The molecule has 0 saturated heterocycles. The average Bonchev–Trinajstić information content (AvgIpc) is 2.33. The van der Waals surface area contributed by atoms with Crippen molar-refractivity contribution < 1.29 is 0 Å². The Labute approximate surface area is 64.5 Å². The first kappa shape index (κ1) is 6.34. The van der Waals surface area contributed by atoms with Crippen molar-refractivity contribution in [3.8, 4) is 0 Å². The van der Waals surface area contributed by atoms with E-state index in [0.717, 1.165) is 16.9 Å². The molecule has 0 unspecified atom stereocenters. The molecule has 2 aromatic rings. The van der Waals surface area contributed by atoms with Crippen LogP contribution in [0.1, 0.15) is 11.4 Å². The number of nitrogens with one attached hydrogen (secondary N) is 1. The maximum Gasteiger partial charge on any atom is 0.126 e. The smallest absolute Gasteiger partial charge is 0.126 e. The molecule has 0 saturated carbocycles. The van der Waals surface area contributed by atoms with Crippen LogP contribution in [0.4, 0.5) is 0 Å². The summed E-state index contributed by atoms with van der Waals surface area (Å²) in [5, 5.41) is 0. The fraction of sp³-hybridized carbons (Fsp3) is 0.250. The lowest BCUT2D eigenvalue weighted by Crippen LogP contribution is -1.85. The second-order valence-corrected chi connectivity index (χ2v) is 2.65. The lowest BCUT2D eigenvalue weighted by molar-refractivity contribution is 1.09. The highest BCUT2D eigenvalue weighted by atomic mass is 14.9. The molecular weight excluding hydrogens is 138 g/mol. The third-order valence-corrected chi connectivity index (χ3v) is 1.73. The molecular formula is C8H9N3. The van der Waals surface area contributed by atoms with Crippen LogP contribution >= 0.6 is 0 Å². The Balaban J connectivity index is 2.87. The van der Waals surface area contributed by atoms with Crippen LogP contribution in [0, 0.1) is 13.8 Å². The summed E-state index contributed by atoms with van der Waals surface area (Å²) in [5.41, 5.74) is 3.20. The largest absolute Gasteiger partial charge is 0.358 e. The number of hydrogen-bond donors (Lipinski definition) is 1. The summed E-state index contributed by atoms with van der Waals surface area (Å²) in [6.45, 7) is 3.93. The molecule has 0 aliphatic rings. The van der Waals surface area contributed by atoms with Gasteiger partial charge in [0.2, 0.25) is 0 Å². The summed E-state index contributed by atoms with van der Waals surface area (Å²) in [6, 6.07) is 0. The van der Waals surface area contributed by atoms with Crippen LogP contribution in [-0.4, -0.2) is 15.0 Å². The minimum absolute atomic E-state index is 0.820. The maximum absolute atomic E-state index is 4.29. The van der Waals surface area contributed by atoms with Gasteiger partial charge in [0.05, 0.1) is 17.2 Å². The number of rotatable bonds is 0. The van der Waals surface area contributed by atoms with E-state index in [4.69, 9.17) is 0 Å². The molecule has 0 bridgehead atoms. The predicted octanol–water partition coefficient (Wildman–Crippen LogP) is 1.57. The molecule has 11 heavy (non-hydrogen) atoms. The fourth-order valence-electron chi connectivity index (χ4n) is 1.13. The van der Waals surface area contributed by atoms with Crippen molar-refractivity contribution >= 4 is 11.0 Å². The van der Waals surface area contributed by atoms with Gasteiger partial charge in [0.1, 0.15) is 5.82 Å². The van der Waals surface area contributed by atoms with E-state index in [0.29, 0.717) is 0 Å². The topological polar surface area (TPSA) is 41.6 Å². The number of aryl methyl sites for hydroxylation is 2. The van der Waals surface area contributed by atoms with Crippen LogP contribution in [0.15, 0.2) is 12.4 Å². The van der Waals surface area contributed by atoms with Crippen molar-refractivity contribution in [2.75, 3.05) is 0 Å². The minimum Gasteiger partial charge on any atom is -0.358 e. The number of H-pyrrole nitrogens is 1. The second-order valence-electron chi connectivity index (χ2n) is 2.65. The summed E-state index contributed by atoms with van der Waals surface area (Å²) in [6.07, 6.45) is 3.75. The van der Waals surface area contributed by atoms with E-state index in [1.54, 1.807) is 0 Å². The third kappa shape index (κ3) is 0.888. The Morgan fingerprint density at radius 3 is 3.00 bits per heavy atom. The van der Waals surface area contributed by atoms with E-state index < -0.39 is 0 Å². The lowest BCUT2D eigenvalue weighted by atomic mass is 10.3. The van der Waals surface area contributed by atoms with Gasteiger partial charge in [-0.3, -0.25) is 0 Å². The lowest BCUT2D eigenvalue weighted by Gasteiger charge is -1.91. The molecule has 0 spiro atoms. The van der Waals surface area contributed by atoms with Crippen LogP contribution in [0.25, 0.3) is 11.0 Å². The quantitative estimate of drug-likeness (QED) is 0.614. The first-order valence-electron chi connectivity index (χ1n) is 3.55. The summed E-state index contributed by atoms with van der Waals surface area (Å²) < 4.78 is 0. The third-order valence-electron chi connectivity index (χ3n) is 1.73. The molecule has 0 aliphatic heterocycles. The Morgan fingerprint density at radius 1 is 1.36 bits per heavy atom. The Hall–Kier alpha value is -1.38. The van der Waals surface area contributed by atoms with Gasteiger partial charge in [0.25, 0.3) is 0 Å². The van der Waals surface area contributed by atoms with Gasteiger partial charge < -0.3 is 4.98 Å². The zero-order valence-corrected chi connectivity index (χ0v) is 6.55. The van der Waals surface area contributed by atoms with Gasteiger partial charge in [-0.15, -0.1) is 0 Å². The van der Waals surface area contributed by atoms with Gasteiger partial charge in [-0.1, -0.05) is 0 Å². The fourth-order valence-corrected chi connectivity index (χ4v) is 1.13. The summed E-state index contributed by atoms with van der Waals surface area (Å²) in [5.74, 6) is 0.820. The molecule has 2 heterocycles. The van der Waals surface area contributed by atoms with Crippen LogP contribution < -0.4 is 0 Å². The summed E-state index contributed by atoms with van der Waals surface area (Å²) in [7, 11) is 0. The summed E-state index contributed by atoms with van der Waals surface area (Å²) in [4.78, 5) is 11.5. The van der Waals surface area contributed by atoms with E-state index in [-0.39, 0.29) is 0 Å². The van der Waals surface area contributed by atoms with E-state index in [2.05, 4.69) is 15.0 Å². The van der Waals surface area contributed by atoms with Crippen molar-refractivity contribution in [3.63, 3.8) is 0 Å². The van der Waals surface area contributed by atoms with E-state index in [1.165, 1.54) is 5.56 Å².